The first-order chi connectivity index (χ1) is 17.3. The van der Waals surface area contributed by atoms with Gasteiger partial charge in [-0.2, -0.15) is 10.4 Å². The predicted octanol–water partition coefficient (Wildman–Crippen LogP) is 5.29. The molecule has 0 atom stereocenters. The molecular formula is C26H25ClN8O. The van der Waals surface area contributed by atoms with E-state index in [9.17, 15) is 4.79 Å². The highest BCUT2D eigenvalue weighted by Gasteiger charge is 2.19. The lowest BCUT2D eigenvalue weighted by Gasteiger charge is -2.13. The van der Waals surface area contributed by atoms with E-state index in [0.717, 1.165) is 41.0 Å². The maximum atomic E-state index is 12.3. The Morgan fingerprint density at radius 1 is 1.22 bits per heavy atom. The van der Waals surface area contributed by atoms with Crippen LogP contribution in [0.15, 0.2) is 66.4 Å². The number of carbonyl (C=O) groups is 1. The van der Waals surface area contributed by atoms with Gasteiger partial charge in [-0.1, -0.05) is 24.9 Å². The van der Waals surface area contributed by atoms with E-state index in [2.05, 4.69) is 27.3 Å². The highest BCUT2D eigenvalue weighted by Crippen LogP contribution is 2.28. The number of nitriles is 1. The SMILES string of the molecule is CCC/C(=C\C=C(\C)N)Nc1ccc2c(c1)ncn2-c1nc(-n2ccc(C#N)n2)c(C(C)=O)cc1Cl. The van der Waals surface area contributed by atoms with Crippen molar-refractivity contribution >= 4 is 34.1 Å². The summed E-state index contributed by atoms with van der Waals surface area (Å²) in [4.78, 5) is 21.5. The van der Waals surface area contributed by atoms with Crippen LogP contribution >= 0.6 is 11.6 Å². The Hall–Kier alpha value is -4.42. The minimum absolute atomic E-state index is 0.213. The molecule has 3 heterocycles. The lowest BCUT2D eigenvalue weighted by molar-refractivity contribution is 0.101. The van der Waals surface area contributed by atoms with Crippen LogP contribution < -0.4 is 11.1 Å². The Bertz CT molecular complexity index is 1550. The number of benzene rings is 1. The average molecular weight is 501 g/mol. The van der Waals surface area contributed by atoms with Gasteiger partial charge in [0.1, 0.15) is 12.4 Å². The highest BCUT2D eigenvalue weighted by atomic mass is 35.5. The number of hydrogen-bond acceptors (Lipinski definition) is 7. The number of rotatable bonds is 8. The second kappa shape index (κ2) is 10.5. The quantitative estimate of drug-likeness (QED) is 0.248. The number of ketones is 1. The molecule has 0 saturated carbocycles. The van der Waals surface area contributed by atoms with E-state index in [-0.39, 0.29) is 22.3 Å². The molecule has 0 saturated heterocycles. The van der Waals surface area contributed by atoms with Crippen LogP contribution in [-0.2, 0) is 0 Å². The van der Waals surface area contributed by atoms with Crippen molar-refractivity contribution in [1.82, 2.24) is 24.3 Å². The van der Waals surface area contributed by atoms with Crippen LogP contribution in [0.5, 0.6) is 0 Å². The molecule has 0 unspecified atom stereocenters. The third kappa shape index (κ3) is 5.14. The van der Waals surface area contributed by atoms with Gasteiger partial charge in [0, 0.05) is 23.3 Å². The summed E-state index contributed by atoms with van der Waals surface area (Å²) in [5.41, 5.74) is 10.5. The summed E-state index contributed by atoms with van der Waals surface area (Å²) in [5, 5.41) is 17.1. The minimum Gasteiger partial charge on any atom is -0.402 e. The minimum atomic E-state index is -0.221. The lowest BCUT2D eigenvalue weighted by Crippen LogP contribution is -2.10. The number of anilines is 1. The molecule has 0 aliphatic rings. The van der Waals surface area contributed by atoms with E-state index >= 15 is 0 Å². The van der Waals surface area contributed by atoms with Gasteiger partial charge in [-0.15, -0.1) is 0 Å². The molecular weight excluding hydrogens is 476 g/mol. The number of allylic oxidation sites excluding steroid dienone is 4. The lowest BCUT2D eigenvalue weighted by atomic mass is 10.2. The van der Waals surface area contributed by atoms with Crippen molar-refractivity contribution in [1.29, 1.82) is 5.26 Å². The van der Waals surface area contributed by atoms with Gasteiger partial charge >= 0.3 is 0 Å². The summed E-state index contributed by atoms with van der Waals surface area (Å²) in [6.45, 7) is 5.39. The zero-order chi connectivity index (χ0) is 25.8. The molecule has 36 heavy (non-hydrogen) atoms. The van der Waals surface area contributed by atoms with Crippen LogP contribution in [0, 0.1) is 11.3 Å². The van der Waals surface area contributed by atoms with Gasteiger partial charge in [0.15, 0.2) is 23.1 Å². The van der Waals surface area contributed by atoms with Gasteiger partial charge < -0.3 is 11.1 Å². The number of hydrogen-bond donors (Lipinski definition) is 2. The van der Waals surface area contributed by atoms with E-state index in [1.165, 1.54) is 11.6 Å². The molecule has 1 aromatic carbocycles. The first-order valence-corrected chi connectivity index (χ1v) is 11.7. The number of aromatic nitrogens is 5. The smallest absolute Gasteiger partial charge is 0.166 e. The van der Waals surface area contributed by atoms with E-state index in [0.29, 0.717) is 11.4 Å². The zero-order valence-electron chi connectivity index (χ0n) is 20.2. The van der Waals surface area contributed by atoms with E-state index in [1.807, 2.05) is 43.3 Å². The molecule has 4 aromatic rings. The zero-order valence-corrected chi connectivity index (χ0v) is 20.9. The summed E-state index contributed by atoms with van der Waals surface area (Å²) in [7, 11) is 0. The Kier molecular flexibility index (Phi) is 7.17. The van der Waals surface area contributed by atoms with Crippen LogP contribution in [0.2, 0.25) is 5.02 Å². The molecule has 4 rings (SSSR count). The van der Waals surface area contributed by atoms with Gasteiger partial charge in [-0.3, -0.25) is 9.36 Å². The average Bonchev–Trinajstić information content (AvgIpc) is 3.49. The molecule has 0 aliphatic carbocycles. The number of carbonyl (C=O) groups excluding carboxylic acids is 1. The number of Topliss-reactive ketones (excluding diaryl/α,β-unsaturated/α-hetero) is 1. The molecule has 0 spiro atoms. The van der Waals surface area contributed by atoms with Gasteiger partial charge in [0.2, 0.25) is 0 Å². The van der Waals surface area contributed by atoms with Crippen molar-refractivity contribution < 1.29 is 4.79 Å². The van der Waals surface area contributed by atoms with E-state index in [1.54, 1.807) is 29.2 Å². The fraction of sp³-hybridized carbons (Fsp3) is 0.192. The second-order valence-corrected chi connectivity index (χ2v) is 8.68. The predicted molar refractivity (Wildman–Crippen MR) is 140 cm³/mol. The Morgan fingerprint density at radius 3 is 2.69 bits per heavy atom. The van der Waals surface area contributed by atoms with E-state index in [4.69, 9.17) is 22.6 Å². The molecule has 0 radical (unpaired) electrons. The standard InChI is InChI=1S/C26H25ClN8O/c1-4-5-18(7-6-16(2)29)31-19-8-9-24-23(12-19)30-15-34(24)26-22(27)13-21(17(3)36)25(32-26)35-11-10-20(14-28)33-35/h6-13,15,31H,4-5,29H2,1-3H3/b16-6-,18-7+. The fourth-order valence-electron chi connectivity index (χ4n) is 3.71. The summed E-state index contributed by atoms with van der Waals surface area (Å²) >= 11 is 6.57. The molecule has 0 aliphatic heterocycles. The van der Waals surface area contributed by atoms with Crippen molar-refractivity contribution in [2.75, 3.05) is 5.32 Å². The molecule has 182 valence electrons. The van der Waals surface area contributed by atoms with Crippen LogP contribution in [0.3, 0.4) is 0 Å². The molecule has 3 aromatic heterocycles. The number of nitrogens with two attached hydrogens (primary N) is 1. The van der Waals surface area contributed by atoms with Crippen molar-refractivity contribution in [3.63, 3.8) is 0 Å². The number of nitrogens with one attached hydrogen (secondary N) is 1. The van der Waals surface area contributed by atoms with Crippen LogP contribution in [-0.4, -0.2) is 30.1 Å². The summed E-state index contributed by atoms with van der Waals surface area (Å²) in [6.07, 6.45) is 8.94. The largest absolute Gasteiger partial charge is 0.402 e. The molecule has 10 heteroatoms. The molecule has 0 fully saturated rings. The van der Waals surface area contributed by atoms with Crippen LogP contribution in [0.4, 0.5) is 5.69 Å². The van der Waals surface area contributed by atoms with Crippen LogP contribution in [0.1, 0.15) is 49.7 Å². The van der Waals surface area contributed by atoms with Crippen LogP contribution in [0.25, 0.3) is 22.7 Å². The van der Waals surface area contributed by atoms with Crippen molar-refractivity contribution in [2.45, 2.75) is 33.6 Å². The van der Waals surface area contributed by atoms with Gasteiger partial charge in [-0.05, 0) is 62.8 Å². The monoisotopic (exact) mass is 500 g/mol. The Morgan fingerprint density at radius 2 is 2.03 bits per heavy atom. The maximum Gasteiger partial charge on any atom is 0.166 e. The third-order valence-corrected chi connectivity index (χ3v) is 5.66. The third-order valence-electron chi connectivity index (χ3n) is 5.38. The fourth-order valence-corrected chi connectivity index (χ4v) is 3.95. The Labute approximate surface area is 213 Å². The Balaban J connectivity index is 1.76. The normalized spacial score (nSPS) is 12.1. The number of pyridine rings is 1. The number of nitrogens with zero attached hydrogens (tertiary/aromatic N) is 6. The first-order valence-electron chi connectivity index (χ1n) is 11.4. The molecule has 0 bridgehead atoms. The molecule has 9 nitrogen and oxygen atoms in total. The van der Waals surface area contributed by atoms with Gasteiger partial charge in [0.25, 0.3) is 0 Å². The number of imidazole rings is 1. The summed E-state index contributed by atoms with van der Waals surface area (Å²) in [5.74, 6) is 0.451. The van der Waals surface area contributed by atoms with Gasteiger partial charge in [-0.25, -0.2) is 14.6 Å². The number of halogens is 1. The first kappa shape index (κ1) is 24.7. The second-order valence-electron chi connectivity index (χ2n) is 8.27. The van der Waals surface area contributed by atoms with E-state index < -0.39 is 0 Å². The van der Waals surface area contributed by atoms with Crippen molar-refractivity contribution in [2.24, 2.45) is 5.73 Å². The van der Waals surface area contributed by atoms with Crippen molar-refractivity contribution in [3.8, 4) is 17.7 Å². The molecule has 3 N–H and O–H groups in total. The topological polar surface area (TPSA) is 127 Å². The summed E-state index contributed by atoms with van der Waals surface area (Å²) in [6, 6.07) is 10.9. The van der Waals surface area contributed by atoms with Crippen molar-refractivity contribution in [3.05, 3.63) is 82.7 Å². The number of fused-ring (bicyclic) bond motifs is 1. The molecule has 0 amide bonds. The van der Waals surface area contributed by atoms with Gasteiger partial charge in [0.05, 0.1) is 21.6 Å². The summed E-state index contributed by atoms with van der Waals surface area (Å²) < 4.78 is 3.15. The highest BCUT2D eigenvalue weighted by molar-refractivity contribution is 6.32. The maximum absolute atomic E-state index is 12.3.